The summed E-state index contributed by atoms with van der Waals surface area (Å²) in [6.45, 7) is 14.6. The minimum absolute atomic E-state index is 0. The summed E-state index contributed by atoms with van der Waals surface area (Å²) in [5.74, 6) is 0.449. The van der Waals surface area contributed by atoms with E-state index in [1.165, 1.54) is 94.5 Å². The van der Waals surface area contributed by atoms with E-state index in [2.05, 4.69) is 57.7 Å². The van der Waals surface area contributed by atoms with Crippen molar-refractivity contribution in [2.24, 2.45) is 35.5 Å². The number of alkyl halides is 3. The van der Waals surface area contributed by atoms with Crippen LogP contribution < -0.4 is 27.0 Å². The van der Waals surface area contributed by atoms with Crippen LogP contribution in [0.2, 0.25) is 0 Å². The molecule has 12 rings (SSSR count). The van der Waals surface area contributed by atoms with Crippen LogP contribution in [-0.4, -0.2) is 23.6 Å². The molecule has 8 fully saturated rings. The Morgan fingerprint density at radius 2 is 1.17 bits per heavy atom. The maximum Gasteiger partial charge on any atom is 2.00 e. The van der Waals surface area contributed by atoms with Crippen LogP contribution in [0.4, 0.5) is 30.7 Å². The normalized spacial score (nSPS) is 28.3. The van der Waals surface area contributed by atoms with Gasteiger partial charge < -0.3 is 21.7 Å². The zero-order chi connectivity index (χ0) is 48.6. The Balaban J connectivity index is 0.000000538. The summed E-state index contributed by atoms with van der Waals surface area (Å²) in [4.78, 5) is 0. The summed E-state index contributed by atoms with van der Waals surface area (Å²) >= 11 is 0. The van der Waals surface area contributed by atoms with E-state index < -0.39 is 54.1 Å². The molecule has 11 heteroatoms. The van der Waals surface area contributed by atoms with Crippen molar-refractivity contribution in [3.63, 3.8) is 0 Å². The van der Waals surface area contributed by atoms with Gasteiger partial charge in [-0.15, -0.1) is 12.2 Å². The van der Waals surface area contributed by atoms with Crippen molar-refractivity contribution >= 4 is 13.2 Å². The summed E-state index contributed by atoms with van der Waals surface area (Å²) in [5, 5.41) is 1.87. The first-order chi connectivity index (χ1) is 32.3. The third kappa shape index (κ3) is 10.0. The van der Waals surface area contributed by atoms with Gasteiger partial charge in [0.2, 0.25) is 0 Å². The fraction of sp³-hybridized carbons (Fsp3) is 0.593. The maximum absolute atomic E-state index is 16.9. The van der Waals surface area contributed by atoms with Crippen LogP contribution in [0.1, 0.15) is 178 Å². The summed E-state index contributed by atoms with van der Waals surface area (Å²) in [6, 6.07) is 8.76. The van der Waals surface area contributed by atoms with Crippen LogP contribution in [0.5, 0.6) is 5.75 Å². The van der Waals surface area contributed by atoms with Gasteiger partial charge in [0, 0.05) is 10.9 Å². The van der Waals surface area contributed by atoms with E-state index in [9.17, 15) is 13.2 Å². The molecule has 0 radical (unpaired) electrons. The van der Waals surface area contributed by atoms with Crippen molar-refractivity contribution in [3.05, 3.63) is 106 Å². The molecule has 3 aromatic rings. The molecule has 0 saturated heterocycles. The SMILES string of the molecule is CCCCc1c(F)c(F)c(-c2c(C(C)C)cc(C(C)C)c(-c3cccc(OC)c3P(C34CC5CC(CC(C5)C3)C4)C34CC5CC(CC(C5)C3)C4)c2C(C)C)c(F)c1F.FC(F)(F)C1=CC=C=C[CH-]1.[Br-].[Pd+2]. The van der Waals surface area contributed by atoms with Crippen LogP contribution in [0.15, 0.2) is 53.8 Å². The van der Waals surface area contributed by atoms with E-state index >= 15 is 17.6 Å². The van der Waals surface area contributed by atoms with Gasteiger partial charge in [-0.2, -0.15) is 25.7 Å². The Hall–Kier alpha value is -2.33. The molecule has 3 aromatic carbocycles. The van der Waals surface area contributed by atoms with Crippen molar-refractivity contribution in [1.82, 2.24) is 0 Å². The van der Waals surface area contributed by atoms with Crippen LogP contribution in [0.25, 0.3) is 22.3 Å². The number of allylic oxidation sites excluding steroid dienone is 3. The van der Waals surface area contributed by atoms with Gasteiger partial charge >= 0.3 is 26.6 Å². The van der Waals surface area contributed by atoms with Crippen LogP contribution in [0, 0.1) is 65.2 Å². The number of hydrogen-bond acceptors (Lipinski definition) is 1. The summed E-state index contributed by atoms with van der Waals surface area (Å²) in [6.07, 6.45) is 17.5. The molecule has 8 bridgehead atoms. The number of unbranched alkanes of at least 4 members (excludes halogenated alkanes) is 1. The van der Waals surface area contributed by atoms with E-state index in [1.54, 1.807) is 0 Å². The number of benzene rings is 3. The molecule has 0 spiro atoms. The molecule has 1 nitrogen and oxygen atoms in total. The van der Waals surface area contributed by atoms with Gasteiger partial charge in [0.15, 0.2) is 23.3 Å². The molecular weight excluding hydrogens is 1070 g/mol. The zero-order valence-electron chi connectivity index (χ0n) is 42.1. The second kappa shape index (κ2) is 21.5. The third-order valence-corrected chi connectivity index (χ3v) is 21.3. The number of ether oxygens (including phenoxy) is 1. The quantitative estimate of drug-likeness (QED) is 0.0439. The zero-order valence-corrected chi connectivity index (χ0v) is 46.2. The standard InChI is InChI=1S/C52H67F4OP.C7H4F3.BrH.Pd/c1-9-10-12-38-46(53)48(55)45(49(56)47(38)54)44-40(29(4)5)21-39(28(2)3)43(42(44)30(6)7)37-13-11-14-41(57-8)50(37)58(51-22-31-15-32(23-51)17-33(16-31)24-51)52-25-34-18-35(26-52)20-36(19-34)27-52;8-7(9,10)6-4-2-1-3-5-6;;/h11,13-14,21,28-36H,9-10,12,15-20,22-27H2,1-8H3;2-5H;1H;/q;-1;;+2/p-1. The van der Waals surface area contributed by atoms with Gasteiger partial charge in [0.25, 0.3) is 0 Å². The Bertz CT molecular complexity index is 2370. The van der Waals surface area contributed by atoms with Crippen LogP contribution in [0.3, 0.4) is 0 Å². The molecule has 0 aromatic heterocycles. The maximum atomic E-state index is 16.9. The molecule has 9 aliphatic rings. The molecule has 0 unspecified atom stereocenters. The minimum atomic E-state index is -4.23. The molecule has 0 amide bonds. The summed E-state index contributed by atoms with van der Waals surface area (Å²) < 4.78 is 108. The fourth-order valence-electron chi connectivity index (χ4n) is 15.6. The largest absolute Gasteiger partial charge is 2.00 e. The second-order valence-electron chi connectivity index (χ2n) is 23.2. The third-order valence-electron chi connectivity index (χ3n) is 17.4. The first-order valence-corrected chi connectivity index (χ1v) is 27.2. The fourth-order valence-corrected chi connectivity index (χ4v) is 21.0. The Kier molecular flexibility index (Phi) is 17.0. The first kappa shape index (κ1) is 55.4. The van der Waals surface area contributed by atoms with Gasteiger partial charge in [0.05, 0.1) is 12.7 Å². The Morgan fingerprint density at radius 1 is 0.700 bits per heavy atom. The predicted octanol–water partition coefficient (Wildman–Crippen LogP) is 14.7. The second-order valence-corrected chi connectivity index (χ2v) is 26.2. The number of rotatable bonds is 12. The van der Waals surface area contributed by atoms with Gasteiger partial charge in [0.1, 0.15) is 5.75 Å². The molecule has 8 saturated carbocycles. The van der Waals surface area contributed by atoms with Gasteiger partial charge in [-0.05, 0) is 193 Å². The van der Waals surface area contributed by atoms with Crippen molar-refractivity contribution in [2.45, 2.75) is 179 Å². The molecule has 70 heavy (non-hydrogen) atoms. The number of methoxy groups -OCH3 is 1. The van der Waals surface area contributed by atoms with Crippen molar-refractivity contribution in [1.29, 1.82) is 0 Å². The van der Waals surface area contributed by atoms with Crippen molar-refractivity contribution in [2.75, 3.05) is 7.11 Å². The molecular formula is C59H71BrF7OPPd. The summed E-state index contributed by atoms with van der Waals surface area (Å²) in [7, 11) is 1.09. The van der Waals surface area contributed by atoms with Gasteiger partial charge in [-0.3, -0.25) is 5.73 Å². The predicted molar refractivity (Wildman–Crippen MR) is 264 cm³/mol. The summed E-state index contributed by atoms with van der Waals surface area (Å²) in [5.41, 5.74) is 6.00. The van der Waals surface area contributed by atoms with E-state index in [-0.39, 0.29) is 71.9 Å². The average Bonchev–Trinajstić information content (AvgIpc) is 3.27. The average molecular weight is 1150 g/mol. The van der Waals surface area contributed by atoms with Crippen molar-refractivity contribution < 1.29 is 72.9 Å². The van der Waals surface area contributed by atoms with Gasteiger partial charge in [-0.1, -0.05) is 86.6 Å². The molecule has 0 aliphatic heterocycles. The van der Waals surface area contributed by atoms with Crippen molar-refractivity contribution in [3.8, 4) is 28.0 Å². The molecule has 0 heterocycles. The first-order valence-electron chi connectivity index (χ1n) is 25.9. The Morgan fingerprint density at radius 3 is 1.54 bits per heavy atom. The smallest absolute Gasteiger partial charge is 1.00 e. The Labute approximate surface area is 438 Å². The topological polar surface area (TPSA) is 9.23 Å². The van der Waals surface area contributed by atoms with Crippen LogP contribution in [-0.2, 0) is 26.8 Å². The molecule has 0 atom stereocenters. The van der Waals surface area contributed by atoms with E-state index in [4.69, 9.17) is 4.74 Å². The van der Waals surface area contributed by atoms with E-state index in [0.29, 0.717) is 18.4 Å². The molecule has 384 valence electrons. The minimum Gasteiger partial charge on any atom is -1.00 e. The molecule has 0 N–H and O–H groups in total. The van der Waals surface area contributed by atoms with E-state index in [0.717, 1.165) is 81.6 Å². The number of hydrogen-bond donors (Lipinski definition) is 0. The van der Waals surface area contributed by atoms with E-state index in [1.807, 2.05) is 27.9 Å². The van der Waals surface area contributed by atoms with Crippen LogP contribution >= 0.6 is 7.92 Å². The molecule has 9 aliphatic carbocycles. The monoisotopic (exact) mass is 1140 g/mol. The number of halogens is 8. The van der Waals surface area contributed by atoms with Gasteiger partial charge in [-0.25, -0.2) is 17.6 Å².